The highest BCUT2D eigenvalue weighted by atomic mass is 32.2. The summed E-state index contributed by atoms with van der Waals surface area (Å²) in [5, 5.41) is 8.05. The van der Waals surface area contributed by atoms with Crippen LogP contribution in [0.2, 0.25) is 0 Å². The molecular formula is C40H35N3O7S. The molecule has 1 unspecified atom stereocenters. The first-order valence-corrected chi connectivity index (χ1v) is 16.9. The Morgan fingerprint density at radius 2 is 1.41 bits per heavy atom. The second-order valence-electron chi connectivity index (χ2n) is 11.2. The average molecular weight is 702 g/mol. The number of benzene rings is 5. The van der Waals surface area contributed by atoms with Crippen LogP contribution >= 0.6 is 11.8 Å². The maximum atomic E-state index is 13.7. The van der Waals surface area contributed by atoms with Crippen LogP contribution in [0, 0.1) is 0 Å². The Bertz CT molecular complexity index is 2040. The number of thioether (sulfide) groups is 1. The fourth-order valence-electron chi connectivity index (χ4n) is 5.22. The zero-order chi connectivity index (χ0) is 35.6. The van der Waals surface area contributed by atoms with Crippen LogP contribution in [0.5, 0.6) is 23.0 Å². The fourth-order valence-corrected chi connectivity index (χ4v) is 6.24. The summed E-state index contributed by atoms with van der Waals surface area (Å²) in [6.45, 7) is 0.927. The maximum Gasteiger partial charge on any atom is 0.272 e. The van der Waals surface area contributed by atoms with Crippen molar-refractivity contribution in [2.24, 2.45) is 0 Å². The van der Waals surface area contributed by atoms with Crippen LogP contribution in [0.15, 0.2) is 132 Å². The summed E-state index contributed by atoms with van der Waals surface area (Å²) in [6, 6.07) is 35.7. The summed E-state index contributed by atoms with van der Waals surface area (Å²) in [7, 11) is 3.06. The Morgan fingerprint density at radius 1 is 0.725 bits per heavy atom. The first kappa shape index (κ1) is 34.7. The van der Waals surface area contributed by atoms with Gasteiger partial charge >= 0.3 is 0 Å². The van der Waals surface area contributed by atoms with Gasteiger partial charge in [0.05, 0.1) is 14.2 Å². The highest BCUT2D eigenvalue weighted by molar-refractivity contribution is 8.00. The minimum atomic E-state index is -0.581. The lowest BCUT2D eigenvalue weighted by Crippen LogP contribution is -2.30. The molecule has 3 N–H and O–H groups in total. The Labute approximate surface area is 299 Å². The van der Waals surface area contributed by atoms with Crippen LogP contribution in [0.1, 0.15) is 26.7 Å². The summed E-state index contributed by atoms with van der Waals surface area (Å²) in [6.07, 6.45) is 1.55. The van der Waals surface area contributed by atoms with Gasteiger partial charge in [-0.15, -0.1) is 11.8 Å². The molecule has 0 saturated heterocycles. The number of anilines is 2. The van der Waals surface area contributed by atoms with Gasteiger partial charge in [-0.05, 0) is 72.3 Å². The van der Waals surface area contributed by atoms with E-state index < -0.39 is 17.1 Å². The van der Waals surface area contributed by atoms with Crippen LogP contribution < -0.4 is 34.9 Å². The molecule has 6 rings (SSSR count). The van der Waals surface area contributed by atoms with Crippen molar-refractivity contribution in [3.8, 4) is 23.0 Å². The van der Waals surface area contributed by atoms with Gasteiger partial charge in [-0.25, -0.2) is 0 Å². The van der Waals surface area contributed by atoms with Crippen LogP contribution in [0.25, 0.3) is 6.08 Å². The fraction of sp³-hybridized carbons (Fsp3) is 0.125. The number of ether oxygens (including phenoxy) is 4. The lowest BCUT2D eigenvalue weighted by atomic mass is 10.1. The number of carbonyl (C=O) groups is 3. The number of nitrogens with one attached hydrogen (secondary N) is 3. The standard InChI is InChI=1S/C40H35N3O7S/c1-47-31-17-13-28(35(25-31)48-2)23-33(43-38(44)27-11-7-4-8-12-27)39(45)41-29-14-18-32(19-15-29)51-37(26-9-5-3-6-10-26)40(46)42-30-16-20-34-36(24-30)50-22-21-49-34/h3-20,23-25,37H,21-22H2,1-2H3,(H,41,45)(H,42,46)(H,43,44)/b33-23-. The van der Waals surface area contributed by atoms with Crippen molar-refractivity contribution in [2.45, 2.75) is 10.1 Å². The predicted octanol–water partition coefficient (Wildman–Crippen LogP) is 7.36. The molecule has 5 aromatic rings. The van der Waals surface area contributed by atoms with Crippen LogP contribution in [0.3, 0.4) is 0 Å². The number of rotatable bonds is 12. The number of methoxy groups -OCH3 is 2. The third-order valence-corrected chi connectivity index (χ3v) is 9.05. The number of carbonyl (C=O) groups excluding carboxylic acids is 3. The molecule has 1 aliphatic rings. The van der Waals surface area contributed by atoms with E-state index >= 15 is 0 Å². The molecule has 0 bridgehead atoms. The van der Waals surface area contributed by atoms with Gasteiger partial charge < -0.3 is 34.9 Å². The lowest BCUT2D eigenvalue weighted by molar-refractivity contribution is -0.116. The van der Waals surface area contributed by atoms with Gasteiger partial charge in [-0.2, -0.15) is 0 Å². The molecule has 11 heteroatoms. The number of hydrogen-bond acceptors (Lipinski definition) is 8. The Balaban J connectivity index is 1.20. The molecule has 1 aliphatic heterocycles. The van der Waals surface area contributed by atoms with Gasteiger partial charge in [-0.3, -0.25) is 14.4 Å². The molecule has 0 saturated carbocycles. The first-order valence-electron chi connectivity index (χ1n) is 16.0. The Morgan fingerprint density at radius 3 is 2.12 bits per heavy atom. The molecule has 0 radical (unpaired) electrons. The van der Waals surface area contributed by atoms with E-state index in [1.165, 1.54) is 18.9 Å². The second kappa shape index (κ2) is 16.5. The Hall–Kier alpha value is -6.20. The molecule has 0 aliphatic carbocycles. The molecule has 3 amide bonds. The van der Waals surface area contributed by atoms with E-state index in [1.54, 1.807) is 92.0 Å². The minimum Gasteiger partial charge on any atom is -0.497 e. The summed E-state index contributed by atoms with van der Waals surface area (Å²) < 4.78 is 22.1. The van der Waals surface area contributed by atoms with Crippen molar-refractivity contribution in [3.63, 3.8) is 0 Å². The van der Waals surface area contributed by atoms with Crippen molar-refractivity contribution in [1.29, 1.82) is 0 Å². The molecule has 1 atom stereocenters. The highest BCUT2D eigenvalue weighted by Gasteiger charge is 2.24. The second-order valence-corrected chi connectivity index (χ2v) is 12.4. The van der Waals surface area contributed by atoms with Crippen molar-refractivity contribution >= 4 is 46.9 Å². The SMILES string of the molecule is COc1ccc(/C=C(\NC(=O)c2ccccc2)C(=O)Nc2ccc(SC(C(=O)Nc3ccc4c(c3)OCCO4)c3ccccc3)cc2)c(OC)c1. The molecule has 0 fully saturated rings. The third kappa shape index (κ3) is 8.89. The molecule has 5 aromatic carbocycles. The molecule has 0 aromatic heterocycles. The summed E-state index contributed by atoms with van der Waals surface area (Å²) >= 11 is 1.37. The van der Waals surface area contributed by atoms with Gasteiger partial charge in [-0.1, -0.05) is 48.5 Å². The van der Waals surface area contributed by atoms with Crippen molar-refractivity contribution in [2.75, 3.05) is 38.1 Å². The summed E-state index contributed by atoms with van der Waals surface area (Å²) in [4.78, 5) is 41.3. The summed E-state index contributed by atoms with van der Waals surface area (Å²) in [5.41, 5.74) is 2.87. The van der Waals surface area contributed by atoms with E-state index in [-0.39, 0.29) is 11.6 Å². The van der Waals surface area contributed by atoms with E-state index in [2.05, 4.69) is 16.0 Å². The van der Waals surface area contributed by atoms with Crippen molar-refractivity contribution in [1.82, 2.24) is 5.32 Å². The zero-order valence-corrected chi connectivity index (χ0v) is 28.7. The Kier molecular flexibility index (Phi) is 11.2. The van der Waals surface area contributed by atoms with E-state index in [9.17, 15) is 14.4 Å². The van der Waals surface area contributed by atoms with E-state index in [1.807, 2.05) is 42.5 Å². The number of hydrogen-bond donors (Lipinski definition) is 3. The van der Waals surface area contributed by atoms with Crippen LogP contribution in [-0.2, 0) is 9.59 Å². The van der Waals surface area contributed by atoms with Crippen LogP contribution in [-0.4, -0.2) is 45.2 Å². The van der Waals surface area contributed by atoms with Crippen molar-refractivity contribution < 1.29 is 33.3 Å². The lowest BCUT2D eigenvalue weighted by Gasteiger charge is -2.20. The first-order chi connectivity index (χ1) is 24.9. The molecule has 0 spiro atoms. The quantitative estimate of drug-likeness (QED) is 0.0911. The normalized spacial score (nSPS) is 12.6. The minimum absolute atomic E-state index is 0.00530. The molecule has 258 valence electrons. The number of fused-ring (bicyclic) bond motifs is 1. The van der Waals surface area contributed by atoms with Gasteiger partial charge in [0.2, 0.25) is 5.91 Å². The topological polar surface area (TPSA) is 124 Å². The molecule has 10 nitrogen and oxygen atoms in total. The summed E-state index contributed by atoms with van der Waals surface area (Å²) in [5.74, 6) is 1.07. The molecule has 51 heavy (non-hydrogen) atoms. The van der Waals surface area contributed by atoms with Crippen LogP contribution in [0.4, 0.5) is 11.4 Å². The van der Waals surface area contributed by atoms with Gasteiger partial charge in [0.25, 0.3) is 11.8 Å². The average Bonchev–Trinajstić information content (AvgIpc) is 3.17. The van der Waals surface area contributed by atoms with E-state index in [0.717, 1.165) is 10.5 Å². The van der Waals surface area contributed by atoms with E-state index in [0.29, 0.717) is 58.7 Å². The van der Waals surface area contributed by atoms with Gasteiger partial charge in [0.1, 0.15) is 35.7 Å². The smallest absolute Gasteiger partial charge is 0.272 e. The number of amides is 3. The van der Waals surface area contributed by atoms with Crippen molar-refractivity contribution in [3.05, 3.63) is 144 Å². The highest BCUT2D eigenvalue weighted by Crippen LogP contribution is 2.38. The third-order valence-electron chi connectivity index (χ3n) is 7.79. The monoisotopic (exact) mass is 701 g/mol. The predicted molar refractivity (Wildman–Crippen MR) is 198 cm³/mol. The van der Waals surface area contributed by atoms with Gasteiger partial charge in [0, 0.05) is 39.5 Å². The van der Waals surface area contributed by atoms with Gasteiger partial charge in [0.15, 0.2) is 11.5 Å². The molecular weight excluding hydrogens is 667 g/mol. The maximum absolute atomic E-state index is 13.7. The van der Waals surface area contributed by atoms with E-state index in [4.69, 9.17) is 18.9 Å². The molecule has 1 heterocycles. The largest absolute Gasteiger partial charge is 0.497 e. The zero-order valence-electron chi connectivity index (χ0n) is 27.9.